The van der Waals surface area contributed by atoms with Gasteiger partial charge in [-0.15, -0.1) is 0 Å². The maximum Gasteiger partial charge on any atom is 0.247 e. The van der Waals surface area contributed by atoms with Crippen molar-refractivity contribution in [2.45, 2.75) is 31.7 Å². The summed E-state index contributed by atoms with van der Waals surface area (Å²) in [6.07, 6.45) is 7.95. The van der Waals surface area contributed by atoms with E-state index in [1.165, 1.54) is 18.7 Å². The molecule has 2 heterocycles. The van der Waals surface area contributed by atoms with Gasteiger partial charge in [0.05, 0.1) is 12.6 Å². The smallest absolute Gasteiger partial charge is 0.247 e. The predicted octanol–water partition coefficient (Wildman–Crippen LogP) is 3.09. The summed E-state index contributed by atoms with van der Waals surface area (Å²) in [4.78, 5) is 35.6. The van der Waals surface area contributed by atoms with Gasteiger partial charge in [-0.25, -0.2) is 9.97 Å². The molecule has 4 rings (SSSR count). The number of H-pyrrole nitrogens is 1. The van der Waals surface area contributed by atoms with E-state index in [2.05, 4.69) is 32.2 Å². The van der Waals surface area contributed by atoms with E-state index in [0.29, 0.717) is 34.5 Å². The van der Waals surface area contributed by atoms with Crippen LogP contribution in [0.3, 0.4) is 0 Å². The topological polar surface area (TPSA) is 109 Å². The van der Waals surface area contributed by atoms with Crippen LogP contribution in [0.5, 0.6) is 11.6 Å². The van der Waals surface area contributed by atoms with E-state index in [0.717, 1.165) is 18.4 Å². The number of ether oxygens (including phenoxy) is 1. The molecule has 0 spiro atoms. The number of fused-ring (bicyclic) bond motifs is 1. The second-order valence-electron chi connectivity index (χ2n) is 6.91. The zero-order valence-corrected chi connectivity index (χ0v) is 15.8. The summed E-state index contributed by atoms with van der Waals surface area (Å²) in [5.41, 5.74) is 2.54. The lowest BCUT2D eigenvalue weighted by Crippen LogP contribution is -2.40. The molecule has 8 nitrogen and oxygen atoms in total. The number of aromatic amines is 1. The SMILES string of the molecule is C=CC(=O)Nc1cccc(Oc2cnc3[nH]cc(CC(=O)NC4CCC4)c3n2)c1. The number of benzene rings is 1. The molecule has 0 bridgehead atoms. The molecule has 0 unspecified atom stereocenters. The Labute approximate surface area is 167 Å². The van der Waals surface area contributed by atoms with Gasteiger partial charge in [0, 0.05) is 29.6 Å². The Balaban J connectivity index is 1.49. The number of aromatic nitrogens is 3. The second kappa shape index (κ2) is 8.14. The Morgan fingerprint density at radius 3 is 2.97 bits per heavy atom. The van der Waals surface area contributed by atoms with E-state index >= 15 is 0 Å². The first-order chi connectivity index (χ1) is 14.1. The number of hydrogen-bond acceptors (Lipinski definition) is 5. The van der Waals surface area contributed by atoms with Gasteiger partial charge in [0.15, 0.2) is 5.65 Å². The predicted molar refractivity (Wildman–Crippen MR) is 109 cm³/mol. The highest BCUT2D eigenvalue weighted by molar-refractivity contribution is 5.98. The molecule has 0 atom stereocenters. The molecule has 2 amide bonds. The van der Waals surface area contributed by atoms with Crippen LogP contribution in [0.2, 0.25) is 0 Å². The number of anilines is 1. The molecule has 2 aromatic heterocycles. The molecule has 1 saturated carbocycles. The molecule has 1 fully saturated rings. The summed E-state index contributed by atoms with van der Waals surface area (Å²) in [5, 5.41) is 5.70. The minimum absolute atomic E-state index is 0.0191. The van der Waals surface area contributed by atoms with Crippen molar-refractivity contribution >= 4 is 28.7 Å². The van der Waals surface area contributed by atoms with E-state index in [1.807, 2.05) is 0 Å². The molecule has 0 radical (unpaired) electrons. The summed E-state index contributed by atoms with van der Waals surface area (Å²) in [5.74, 6) is 0.472. The largest absolute Gasteiger partial charge is 0.437 e. The van der Waals surface area contributed by atoms with E-state index in [4.69, 9.17) is 4.74 Å². The third-order valence-corrected chi connectivity index (χ3v) is 4.77. The van der Waals surface area contributed by atoms with Crippen LogP contribution in [0.1, 0.15) is 24.8 Å². The van der Waals surface area contributed by atoms with Gasteiger partial charge in [-0.1, -0.05) is 12.6 Å². The zero-order chi connectivity index (χ0) is 20.2. The molecule has 1 aromatic carbocycles. The van der Waals surface area contributed by atoms with Gasteiger partial charge in [0.25, 0.3) is 0 Å². The Morgan fingerprint density at radius 2 is 2.21 bits per heavy atom. The number of hydrogen-bond donors (Lipinski definition) is 3. The van der Waals surface area contributed by atoms with Crippen LogP contribution < -0.4 is 15.4 Å². The lowest BCUT2D eigenvalue weighted by Gasteiger charge is -2.26. The van der Waals surface area contributed by atoms with Crippen molar-refractivity contribution in [1.29, 1.82) is 0 Å². The molecule has 29 heavy (non-hydrogen) atoms. The van der Waals surface area contributed by atoms with Gasteiger partial charge in [-0.3, -0.25) is 9.59 Å². The van der Waals surface area contributed by atoms with Crippen molar-refractivity contribution in [3.63, 3.8) is 0 Å². The molecule has 0 saturated heterocycles. The summed E-state index contributed by atoms with van der Waals surface area (Å²) < 4.78 is 5.80. The fourth-order valence-corrected chi connectivity index (χ4v) is 3.07. The van der Waals surface area contributed by atoms with Crippen molar-refractivity contribution in [3.8, 4) is 11.6 Å². The fraction of sp³-hybridized carbons (Fsp3) is 0.238. The minimum atomic E-state index is -0.305. The molecular weight excluding hydrogens is 370 g/mol. The van der Waals surface area contributed by atoms with Crippen molar-refractivity contribution in [3.05, 3.63) is 54.9 Å². The van der Waals surface area contributed by atoms with Gasteiger partial charge >= 0.3 is 0 Å². The first-order valence-corrected chi connectivity index (χ1v) is 9.44. The number of carbonyl (C=O) groups excluding carboxylic acids is 2. The highest BCUT2D eigenvalue weighted by Gasteiger charge is 2.20. The summed E-state index contributed by atoms with van der Waals surface area (Å²) in [7, 11) is 0. The molecular formula is C21H21N5O3. The van der Waals surface area contributed by atoms with E-state index in [1.54, 1.807) is 30.5 Å². The van der Waals surface area contributed by atoms with Crippen LogP contribution in [0.25, 0.3) is 11.2 Å². The molecule has 1 aliphatic rings. The Bertz CT molecular complexity index is 1070. The Kier molecular flexibility index (Phi) is 5.24. The quantitative estimate of drug-likeness (QED) is 0.536. The lowest BCUT2D eigenvalue weighted by atomic mass is 9.93. The maximum atomic E-state index is 12.2. The summed E-state index contributed by atoms with van der Waals surface area (Å²) in [6, 6.07) is 7.23. The fourth-order valence-electron chi connectivity index (χ4n) is 3.07. The van der Waals surface area contributed by atoms with E-state index < -0.39 is 0 Å². The van der Waals surface area contributed by atoms with Crippen LogP contribution in [0, 0.1) is 0 Å². The van der Waals surface area contributed by atoms with Crippen molar-refractivity contribution in [2.75, 3.05) is 5.32 Å². The van der Waals surface area contributed by atoms with Gasteiger partial charge < -0.3 is 20.4 Å². The zero-order valence-electron chi connectivity index (χ0n) is 15.8. The molecule has 3 N–H and O–H groups in total. The van der Waals surface area contributed by atoms with Crippen molar-refractivity contribution < 1.29 is 14.3 Å². The average Bonchev–Trinajstić information content (AvgIpc) is 3.07. The highest BCUT2D eigenvalue weighted by Crippen LogP contribution is 2.25. The third kappa shape index (κ3) is 4.43. The molecule has 3 aromatic rings. The number of amides is 2. The van der Waals surface area contributed by atoms with Crippen LogP contribution >= 0.6 is 0 Å². The van der Waals surface area contributed by atoms with Crippen LogP contribution in [-0.4, -0.2) is 32.8 Å². The minimum Gasteiger partial charge on any atom is -0.437 e. The number of carbonyl (C=O) groups is 2. The van der Waals surface area contributed by atoms with Gasteiger partial charge in [0.1, 0.15) is 11.3 Å². The van der Waals surface area contributed by atoms with E-state index in [-0.39, 0.29) is 18.2 Å². The number of nitrogens with zero attached hydrogens (tertiary/aromatic N) is 2. The van der Waals surface area contributed by atoms with Crippen molar-refractivity contribution in [1.82, 2.24) is 20.3 Å². The molecule has 8 heteroatoms. The van der Waals surface area contributed by atoms with Gasteiger partial charge in [0.2, 0.25) is 17.7 Å². The average molecular weight is 391 g/mol. The summed E-state index contributed by atoms with van der Waals surface area (Å²) >= 11 is 0. The number of nitrogens with one attached hydrogen (secondary N) is 3. The Hall–Kier alpha value is -3.68. The summed E-state index contributed by atoms with van der Waals surface area (Å²) in [6.45, 7) is 3.43. The van der Waals surface area contributed by atoms with Crippen LogP contribution in [0.15, 0.2) is 49.3 Å². The van der Waals surface area contributed by atoms with Gasteiger partial charge in [-0.2, -0.15) is 0 Å². The Morgan fingerprint density at radius 1 is 1.34 bits per heavy atom. The molecule has 0 aliphatic heterocycles. The molecule has 1 aliphatic carbocycles. The lowest BCUT2D eigenvalue weighted by molar-refractivity contribution is -0.121. The van der Waals surface area contributed by atoms with Gasteiger partial charge in [-0.05, 0) is 37.5 Å². The first kappa shape index (κ1) is 18.7. The number of rotatable bonds is 7. The second-order valence-corrected chi connectivity index (χ2v) is 6.91. The van der Waals surface area contributed by atoms with Crippen molar-refractivity contribution in [2.24, 2.45) is 0 Å². The maximum absolute atomic E-state index is 12.2. The molecule has 148 valence electrons. The third-order valence-electron chi connectivity index (χ3n) is 4.77. The monoisotopic (exact) mass is 391 g/mol. The standard InChI is InChI=1S/C21H21N5O3/c1-2-17(27)25-15-7-4-8-16(10-15)29-19-12-23-21-20(26-19)13(11-22-21)9-18(28)24-14-5-3-6-14/h2,4,7-8,10-12,14H,1,3,5-6,9H2,(H,22,23)(H,24,28)(H,25,27). The van der Waals surface area contributed by atoms with Crippen LogP contribution in [0.4, 0.5) is 5.69 Å². The van der Waals surface area contributed by atoms with E-state index in [9.17, 15) is 9.59 Å². The highest BCUT2D eigenvalue weighted by atomic mass is 16.5. The normalized spacial score (nSPS) is 13.5. The first-order valence-electron chi connectivity index (χ1n) is 9.44. The van der Waals surface area contributed by atoms with Crippen LogP contribution in [-0.2, 0) is 16.0 Å².